The zero-order chi connectivity index (χ0) is 60.5. The van der Waals surface area contributed by atoms with E-state index in [0.717, 1.165) is 51.4 Å². The molecule has 0 aromatic heterocycles. The van der Waals surface area contributed by atoms with Crippen molar-refractivity contribution in [3.63, 3.8) is 0 Å². The van der Waals surface area contributed by atoms with Gasteiger partial charge in [-0.15, -0.1) is 0 Å². The second kappa shape index (κ2) is 71.8. The van der Waals surface area contributed by atoms with Gasteiger partial charge in [0, 0.05) is 52.2 Å². The number of alkyl carbamates (subject to hydrolysis) is 3. The van der Waals surface area contributed by atoms with Crippen LogP contribution in [0.5, 0.6) is 0 Å². The first kappa shape index (κ1) is 90.3. The van der Waals surface area contributed by atoms with Crippen molar-refractivity contribution in [3.05, 3.63) is 0 Å². The van der Waals surface area contributed by atoms with Crippen LogP contribution >= 0.6 is 11.8 Å². The number of carbonyl (C=O) groups excluding carboxylic acids is 11. The summed E-state index contributed by atoms with van der Waals surface area (Å²) in [6.07, 6.45) is 9.29. The van der Waals surface area contributed by atoms with Gasteiger partial charge >= 0.3 is 48.7 Å². The summed E-state index contributed by atoms with van der Waals surface area (Å²) in [5.74, 6) is 0.596. The van der Waals surface area contributed by atoms with Gasteiger partial charge in [0.1, 0.15) is 11.2 Å². The number of esters is 2. The number of unbranched alkanes of at least 4 members (excludes halogenated alkanes) is 5. The lowest BCUT2D eigenvalue weighted by molar-refractivity contribution is -0.193. The first-order valence-electron chi connectivity index (χ1n) is 24.8. The van der Waals surface area contributed by atoms with E-state index in [-0.39, 0.29) is 50.0 Å². The van der Waals surface area contributed by atoms with E-state index in [1.165, 1.54) is 11.8 Å². The topological polar surface area (TPSA) is 403 Å². The van der Waals surface area contributed by atoms with E-state index < -0.39 is 23.9 Å². The Labute approximate surface area is 462 Å². The lowest BCUT2D eigenvalue weighted by Crippen LogP contribution is -2.41. The van der Waals surface area contributed by atoms with Crippen LogP contribution < -0.4 is 38.1 Å². The maximum absolute atomic E-state index is 11.5. The van der Waals surface area contributed by atoms with Crippen LogP contribution in [0.15, 0.2) is 15.0 Å². The van der Waals surface area contributed by atoms with Gasteiger partial charge in [-0.3, -0.25) is 40.5 Å². The molecule has 0 aliphatic carbocycles. The predicted molar refractivity (Wildman–Crippen MR) is 294 cm³/mol. The highest BCUT2D eigenvalue weighted by atomic mass is 32.2. The van der Waals surface area contributed by atoms with E-state index in [2.05, 4.69) is 46.3 Å². The zero-order valence-electron chi connectivity index (χ0n) is 47.7. The Kier molecular flexibility index (Phi) is 84.2. The number of amides is 3. The highest BCUT2D eigenvalue weighted by Crippen LogP contribution is 2.11. The molecule has 0 saturated heterocycles. The third kappa shape index (κ3) is 99.4. The number of hydrogen-bond acceptors (Lipinski definition) is 23. The molecule has 0 unspecified atom stereocenters. The van der Waals surface area contributed by atoms with Crippen LogP contribution in [0.2, 0.25) is 0 Å². The highest BCUT2D eigenvalue weighted by Gasteiger charge is 2.16. The van der Waals surface area contributed by atoms with Crippen LogP contribution in [0.25, 0.3) is 0 Å². The van der Waals surface area contributed by atoms with Crippen molar-refractivity contribution in [2.45, 2.75) is 173 Å². The number of hydrogen-bond donors (Lipinski definition) is 8. The van der Waals surface area contributed by atoms with Crippen LogP contribution in [0.3, 0.4) is 0 Å². The van der Waals surface area contributed by atoms with E-state index in [0.29, 0.717) is 95.6 Å². The lowest BCUT2D eigenvalue weighted by Gasteiger charge is -2.19. The summed E-state index contributed by atoms with van der Waals surface area (Å²) in [5, 5.41) is 21.7. The molecule has 452 valence electrons. The number of nitrogens with two attached hydrogens (primary N) is 2. The second-order valence-electron chi connectivity index (χ2n) is 15.7. The standard InChI is InChI=1S/C16H31N3O4.C10H22N4O2.C10H21NO2.C7H14N2O2S.C2H6O.3CO2.CH4/c1-6-17-14(19-15(21)22-7-2)18-12-10-8-9-11-13(20)23-16(3,4)5;1-3-12-9(13-8-6-5-7-11)14-10(15)16-4-2;1-10(2,3)13-9(12)7-5-4-6-8-11;1-4-8-6(12-3)9-7(10)11-5-2;1-2-3;3*2-1-3;/h6-12H2,1-5H3,(H2,17,18,19,21);3-8,11H2,1-2H3,(H2,12,13,14,15);4-8,11H2,1-3H3;4-5H2,1-3H3,(H,8,9,10);3H,2H2,1H3;;;;1H4. The number of rotatable bonds is 21. The predicted octanol–water partition coefficient (Wildman–Crippen LogP) is 5.24. The van der Waals surface area contributed by atoms with Crippen LogP contribution in [0.4, 0.5) is 14.4 Å². The number of aliphatic hydroxyl groups excluding tert-OH is 1. The Morgan fingerprint density at radius 2 is 0.818 bits per heavy atom. The van der Waals surface area contributed by atoms with Crippen LogP contribution in [0.1, 0.15) is 162 Å². The summed E-state index contributed by atoms with van der Waals surface area (Å²) >= 11 is 1.39. The molecule has 0 heterocycles. The smallest absolute Gasteiger partial charge is 0.413 e. The molecule has 0 spiro atoms. The van der Waals surface area contributed by atoms with Crippen molar-refractivity contribution >= 4 is 77.5 Å². The summed E-state index contributed by atoms with van der Waals surface area (Å²) in [7, 11) is 0. The molecule has 0 aliphatic rings. The summed E-state index contributed by atoms with van der Waals surface area (Å²) < 4.78 is 24.6. The first-order chi connectivity index (χ1) is 35.9. The largest absolute Gasteiger partial charge is 0.460 e. The molecule has 77 heavy (non-hydrogen) atoms. The molecule has 0 bridgehead atoms. The summed E-state index contributed by atoms with van der Waals surface area (Å²) in [5.41, 5.74) is 9.92. The molecule has 0 rings (SSSR count). The van der Waals surface area contributed by atoms with Gasteiger partial charge in [-0.05, 0) is 148 Å². The van der Waals surface area contributed by atoms with E-state index in [4.69, 9.17) is 64.3 Å². The number of thioether (sulfide) groups is 1. The average Bonchev–Trinajstić information content (AvgIpc) is 3.31. The van der Waals surface area contributed by atoms with Crippen LogP contribution in [-0.4, -0.2) is 161 Å². The number of carbonyl (C=O) groups is 5. The summed E-state index contributed by atoms with van der Waals surface area (Å²) in [4.78, 5) is 117. The number of aliphatic hydroxyl groups is 1. The summed E-state index contributed by atoms with van der Waals surface area (Å²) in [6, 6.07) is 0. The maximum Gasteiger partial charge on any atom is 0.413 e. The molecule has 0 atom stereocenters. The number of nitrogens with zero attached hydrogens (tertiary/aromatic N) is 3. The van der Waals surface area contributed by atoms with Crippen molar-refractivity contribution in [2.75, 3.05) is 78.5 Å². The SMILES string of the molecule is C.CC(C)(C)OC(=O)CCCCCN.CCN=C(NC(=O)OCC)SC.CCNC(=NCCCCCC(=O)OC(C)(C)C)NC(=O)OCC.CCNC(=NCCCCN)NC(=O)OCC.CCO.O=C=O.O=C=O.O=C=O. The molecule has 27 nitrogen and oxygen atoms in total. The highest BCUT2D eigenvalue weighted by molar-refractivity contribution is 8.13. The third-order valence-electron chi connectivity index (χ3n) is 6.78. The molecule has 0 radical (unpaired) electrons. The third-order valence-corrected chi connectivity index (χ3v) is 7.39. The molecular weight excluding hydrogens is 1030 g/mol. The average molecular weight is 1130 g/mol. The minimum absolute atomic E-state index is 0. The number of amidine groups is 1. The maximum atomic E-state index is 11.5. The van der Waals surface area contributed by atoms with Gasteiger partial charge < -0.3 is 50.9 Å². The molecule has 0 aromatic carbocycles. The van der Waals surface area contributed by atoms with Crippen molar-refractivity contribution < 1.29 is 81.5 Å². The number of nitrogens with one attached hydrogen (secondary N) is 5. The number of ether oxygens (including phenoxy) is 5. The molecule has 10 N–H and O–H groups in total. The van der Waals surface area contributed by atoms with E-state index in [1.54, 1.807) is 27.7 Å². The van der Waals surface area contributed by atoms with Gasteiger partial charge in [-0.1, -0.05) is 32.0 Å². The fourth-order valence-electron chi connectivity index (χ4n) is 4.27. The van der Waals surface area contributed by atoms with Crippen molar-refractivity contribution in [2.24, 2.45) is 26.4 Å². The molecule has 3 amide bonds. The van der Waals surface area contributed by atoms with Gasteiger partial charge in [0.25, 0.3) is 0 Å². The Bertz CT molecular complexity index is 1580. The van der Waals surface area contributed by atoms with E-state index in [1.807, 2.05) is 68.6 Å². The van der Waals surface area contributed by atoms with E-state index >= 15 is 0 Å². The monoisotopic (exact) mass is 1130 g/mol. The Balaban J connectivity index is -0.000000109. The minimum Gasteiger partial charge on any atom is -0.460 e. The minimum atomic E-state index is -0.517. The van der Waals surface area contributed by atoms with Gasteiger partial charge in [0.2, 0.25) is 11.9 Å². The quantitative estimate of drug-likeness (QED) is 0.0239. The zero-order valence-corrected chi connectivity index (χ0v) is 48.5. The molecule has 0 aromatic rings. The van der Waals surface area contributed by atoms with Gasteiger partial charge in [-0.2, -0.15) is 28.8 Å². The fourth-order valence-corrected chi connectivity index (χ4v) is 4.71. The Morgan fingerprint density at radius 3 is 1.09 bits per heavy atom. The lowest BCUT2D eigenvalue weighted by atomic mass is 10.1. The second-order valence-corrected chi connectivity index (χ2v) is 16.5. The van der Waals surface area contributed by atoms with Crippen molar-refractivity contribution in [1.82, 2.24) is 26.6 Å². The summed E-state index contributed by atoms with van der Waals surface area (Å²) in [6.45, 7) is 29.8. The van der Waals surface area contributed by atoms with E-state index in [9.17, 15) is 24.0 Å². The Hall–Kier alpha value is -6.27. The van der Waals surface area contributed by atoms with Gasteiger partial charge in [-0.25, -0.2) is 14.4 Å². The van der Waals surface area contributed by atoms with Crippen molar-refractivity contribution in [3.8, 4) is 0 Å². The van der Waals surface area contributed by atoms with Gasteiger partial charge in [0.05, 0.1) is 19.8 Å². The molecule has 0 saturated carbocycles. The number of aliphatic imine (C=N–C) groups is 3. The first-order valence-corrected chi connectivity index (χ1v) is 26.0. The Morgan fingerprint density at radius 1 is 0.519 bits per heavy atom. The molecular formula is C49H98N10O17S. The molecule has 0 fully saturated rings. The fraction of sp³-hybridized carbons (Fsp3) is 0.776. The van der Waals surface area contributed by atoms with Crippen LogP contribution in [0, 0.1) is 0 Å². The number of guanidine groups is 2. The molecule has 28 heteroatoms. The molecule has 0 aliphatic heterocycles. The van der Waals surface area contributed by atoms with Crippen molar-refractivity contribution in [1.29, 1.82) is 0 Å². The van der Waals surface area contributed by atoms with Gasteiger partial charge in [0.15, 0.2) is 5.17 Å². The van der Waals surface area contributed by atoms with Crippen LogP contribution in [-0.2, 0) is 62.0 Å². The normalized spacial score (nSPS) is 10.0.